The number of aliphatic hydroxyl groups is 1. The van der Waals surface area contributed by atoms with Crippen LogP contribution in [-0.4, -0.2) is 36.8 Å². The molecule has 7 heteroatoms. The lowest BCUT2D eigenvalue weighted by molar-refractivity contribution is -0.127. The highest BCUT2D eigenvalue weighted by molar-refractivity contribution is 7.85. The van der Waals surface area contributed by atoms with Gasteiger partial charge in [0, 0.05) is 0 Å². The Morgan fingerprint density at radius 2 is 1.72 bits per heavy atom. The number of carbonyl (C=O) groups is 1. The van der Waals surface area contributed by atoms with Crippen molar-refractivity contribution in [3.05, 3.63) is 35.9 Å². The largest absolute Gasteiger partial charge is 0.395 e. The molecule has 0 bridgehead atoms. The number of nitrogens with two attached hydrogens (primary N) is 1. The van der Waals surface area contributed by atoms with E-state index in [9.17, 15) is 18.3 Å². The first-order valence-electron chi connectivity index (χ1n) is 8.52. The van der Waals surface area contributed by atoms with E-state index in [1.807, 2.05) is 30.3 Å². The maximum Gasteiger partial charge on any atom is 0.261 e. The predicted molar refractivity (Wildman–Crippen MR) is 99.8 cm³/mol. The Morgan fingerprint density at radius 3 is 2.08 bits per heavy atom. The molecule has 0 aliphatic carbocycles. The average molecular weight is 374 g/mol. The molecule has 144 valence electrons. The zero-order chi connectivity index (χ0) is 19.5. The summed E-state index contributed by atoms with van der Waals surface area (Å²) >= 11 is 0. The second kappa shape index (κ2) is 11.2. The van der Waals surface area contributed by atoms with Crippen molar-refractivity contribution in [2.75, 3.05) is 12.9 Å². The lowest BCUT2D eigenvalue weighted by Gasteiger charge is -2.37. The van der Waals surface area contributed by atoms with Crippen molar-refractivity contribution < 1.29 is 22.9 Å². The Labute approximate surface area is 151 Å². The topological polar surface area (TPSA) is 118 Å². The summed E-state index contributed by atoms with van der Waals surface area (Å²) in [6, 6.07) is 9.47. The molecule has 0 aliphatic rings. The van der Waals surface area contributed by atoms with Gasteiger partial charge in [0.25, 0.3) is 10.1 Å². The first kappa shape index (κ1) is 23.6. The minimum atomic E-state index is -3.67. The standard InChI is InChI=1S/C17H27NO2.CH4O3S/c1-3-5-7-10-14(4-2)17(13-19,16(18)20)15-11-8-6-9-12-15;1-5(2,3)4/h6,8-9,11-12,14,19H,3-5,7,10,13H2,1-2H3,(H2,18,20);1H3,(H,2,3,4). The van der Waals surface area contributed by atoms with Crippen LogP contribution in [0, 0.1) is 5.92 Å². The summed E-state index contributed by atoms with van der Waals surface area (Å²) in [4.78, 5) is 12.1. The van der Waals surface area contributed by atoms with Crippen LogP contribution in [-0.2, 0) is 20.3 Å². The second-order valence-electron chi connectivity index (χ2n) is 6.19. The molecule has 0 spiro atoms. The molecule has 1 amide bonds. The van der Waals surface area contributed by atoms with Crippen molar-refractivity contribution >= 4 is 16.0 Å². The van der Waals surface area contributed by atoms with Crippen molar-refractivity contribution in [1.82, 2.24) is 0 Å². The van der Waals surface area contributed by atoms with Crippen LogP contribution in [0.2, 0.25) is 0 Å². The predicted octanol–water partition coefficient (Wildman–Crippen LogP) is 2.51. The molecule has 0 saturated heterocycles. The lowest BCUT2D eigenvalue weighted by Crippen LogP contribution is -2.50. The van der Waals surface area contributed by atoms with E-state index in [2.05, 4.69) is 13.8 Å². The van der Waals surface area contributed by atoms with E-state index in [4.69, 9.17) is 10.3 Å². The molecule has 0 heterocycles. The number of unbranched alkanes of at least 4 members (excludes halogenated alkanes) is 2. The Bertz CT molecular complexity index is 595. The summed E-state index contributed by atoms with van der Waals surface area (Å²) in [5.74, 6) is -0.339. The van der Waals surface area contributed by atoms with Gasteiger partial charge in [0.05, 0.1) is 18.3 Å². The van der Waals surface area contributed by atoms with Crippen LogP contribution in [0.5, 0.6) is 0 Å². The second-order valence-corrected chi connectivity index (χ2v) is 7.66. The average Bonchev–Trinajstić information content (AvgIpc) is 2.53. The van der Waals surface area contributed by atoms with Gasteiger partial charge < -0.3 is 10.8 Å². The number of aliphatic hydroxyl groups excluding tert-OH is 1. The molecule has 0 fully saturated rings. The number of primary amides is 1. The Kier molecular flexibility index (Phi) is 10.6. The Hall–Kier alpha value is -1.44. The fourth-order valence-electron chi connectivity index (χ4n) is 3.05. The molecule has 1 aromatic rings. The van der Waals surface area contributed by atoms with Gasteiger partial charge in [-0.1, -0.05) is 69.9 Å². The van der Waals surface area contributed by atoms with Gasteiger partial charge in [0.1, 0.15) is 0 Å². The first-order valence-corrected chi connectivity index (χ1v) is 10.4. The quantitative estimate of drug-likeness (QED) is 0.454. The van der Waals surface area contributed by atoms with E-state index in [0.717, 1.165) is 37.7 Å². The molecule has 2 unspecified atom stereocenters. The van der Waals surface area contributed by atoms with Gasteiger partial charge in [0.2, 0.25) is 5.91 Å². The molecule has 0 saturated carbocycles. The number of hydrogen-bond donors (Lipinski definition) is 3. The number of carbonyl (C=O) groups excluding carboxylic acids is 1. The number of rotatable bonds is 9. The molecule has 6 nitrogen and oxygen atoms in total. The normalized spacial score (nSPS) is 14.8. The van der Waals surface area contributed by atoms with E-state index in [0.29, 0.717) is 6.26 Å². The summed E-state index contributed by atoms with van der Waals surface area (Å²) in [6.07, 6.45) is 5.82. The third kappa shape index (κ3) is 7.98. The fraction of sp³-hybridized carbons (Fsp3) is 0.611. The minimum absolute atomic E-state index is 0.0824. The molecular weight excluding hydrogens is 342 g/mol. The SMILES string of the molecule is CCCCCC(CC)C(CO)(C(N)=O)c1ccccc1.CS(=O)(=O)O. The van der Waals surface area contributed by atoms with Crippen molar-refractivity contribution in [3.8, 4) is 0 Å². The van der Waals surface area contributed by atoms with Crippen LogP contribution in [0.4, 0.5) is 0 Å². The van der Waals surface area contributed by atoms with E-state index < -0.39 is 21.4 Å². The van der Waals surface area contributed by atoms with Gasteiger partial charge in [-0.3, -0.25) is 9.35 Å². The van der Waals surface area contributed by atoms with E-state index >= 15 is 0 Å². The van der Waals surface area contributed by atoms with Crippen LogP contribution < -0.4 is 5.73 Å². The number of benzene rings is 1. The van der Waals surface area contributed by atoms with Gasteiger partial charge in [-0.25, -0.2) is 0 Å². The first-order chi connectivity index (χ1) is 11.6. The van der Waals surface area contributed by atoms with Crippen molar-refractivity contribution in [2.24, 2.45) is 11.7 Å². The zero-order valence-corrected chi connectivity index (χ0v) is 16.1. The molecule has 2 atom stereocenters. The van der Waals surface area contributed by atoms with Gasteiger partial charge >= 0.3 is 0 Å². The summed E-state index contributed by atoms with van der Waals surface area (Å²) < 4.78 is 25.9. The van der Waals surface area contributed by atoms with Crippen LogP contribution in [0.1, 0.15) is 51.5 Å². The zero-order valence-electron chi connectivity index (χ0n) is 15.3. The molecule has 1 aromatic carbocycles. The molecule has 25 heavy (non-hydrogen) atoms. The monoisotopic (exact) mass is 373 g/mol. The summed E-state index contributed by atoms with van der Waals surface area (Å²) in [6.45, 7) is 4.00. The van der Waals surface area contributed by atoms with Crippen LogP contribution in [0.25, 0.3) is 0 Å². The van der Waals surface area contributed by atoms with Crippen LogP contribution >= 0.6 is 0 Å². The summed E-state index contributed by atoms with van der Waals surface area (Å²) in [5, 5.41) is 9.96. The van der Waals surface area contributed by atoms with E-state index in [1.54, 1.807) is 0 Å². The Balaban J connectivity index is 0.00000101. The number of amides is 1. The van der Waals surface area contributed by atoms with E-state index in [1.165, 1.54) is 0 Å². The van der Waals surface area contributed by atoms with Crippen molar-refractivity contribution in [2.45, 2.75) is 51.4 Å². The van der Waals surface area contributed by atoms with Gasteiger partial charge in [-0.15, -0.1) is 0 Å². The van der Waals surface area contributed by atoms with Crippen LogP contribution in [0.15, 0.2) is 30.3 Å². The maximum atomic E-state index is 12.1. The van der Waals surface area contributed by atoms with E-state index in [-0.39, 0.29) is 12.5 Å². The smallest absolute Gasteiger partial charge is 0.261 e. The third-order valence-corrected chi connectivity index (χ3v) is 4.32. The number of hydrogen-bond acceptors (Lipinski definition) is 4. The molecule has 0 aromatic heterocycles. The maximum absolute atomic E-state index is 12.1. The molecule has 0 aliphatic heterocycles. The Morgan fingerprint density at radius 1 is 1.20 bits per heavy atom. The van der Waals surface area contributed by atoms with Crippen molar-refractivity contribution in [1.29, 1.82) is 0 Å². The van der Waals surface area contributed by atoms with Crippen LogP contribution in [0.3, 0.4) is 0 Å². The minimum Gasteiger partial charge on any atom is -0.395 e. The lowest BCUT2D eigenvalue weighted by atomic mass is 9.67. The van der Waals surface area contributed by atoms with Gasteiger partial charge in [-0.05, 0) is 17.9 Å². The summed E-state index contributed by atoms with van der Waals surface area (Å²) in [7, 11) is -3.67. The molecule has 4 N–H and O–H groups in total. The molecular formula is C18H31NO5S. The molecule has 1 rings (SSSR count). The summed E-state index contributed by atoms with van der Waals surface area (Å²) in [5.41, 5.74) is 5.57. The highest BCUT2D eigenvalue weighted by atomic mass is 32.2. The highest BCUT2D eigenvalue weighted by Crippen LogP contribution is 2.37. The fourth-order valence-corrected chi connectivity index (χ4v) is 3.05. The van der Waals surface area contributed by atoms with Crippen molar-refractivity contribution in [3.63, 3.8) is 0 Å². The van der Waals surface area contributed by atoms with Gasteiger partial charge in [-0.2, -0.15) is 8.42 Å². The highest BCUT2D eigenvalue weighted by Gasteiger charge is 2.44. The van der Waals surface area contributed by atoms with Gasteiger partial charge in [0.15, 0.2) is 0 Å². The molecule has 0 radical (unpaired) electrons. The third-order valence-electron chi connectivity index (χ3n) is 4.32.